The lowest BCUT2D eigenvalue weighted by atomic mass is 10.0. The fourth-order valence-corrected chi connectivity index (χ4v) is 3.46. The fraction of sp³-hybridized carbons (Fsp3) is 0.0435. The van der Waals surface area contributed by atoms with Gasteiger partial charge in [0, 0.05) is 18.5 Å². The fourth-order valence-electron chi connectivity index (χ4n) is 3.46. The van der Waals surface area contributed by atoms with Gasteiger partial charge in [-0.2, -0.15) is 20.1 Å². The highest BCUT2D eigenvalue weighted by atomic mass is 16.3. The van der Waals surface area contributed by atoms with E-state index in [-0.39, 0.29) is 34.3 Å². The Morgan fingerprint density at radius 2 is 1.97 bits per heavy atom. The standard InChI is InChI=1S/C23H16N10O2/c1-13-9-18(31-29-13)28-22(35)19-16-6-3-2-5-14(16)10-17(20(19)34)30-32-21-15(11-24)12-27-33(21)23-25-7-4-8-26-23/h2-10,12,34H,1H3,(H2,28,29,31,35)/b32-30+. The molecule has 0 spiro atoms. The summed E-state index contributed by atoms with van der Waals surface area (Å²) >= 11 is 0. The van der Waals surface area contributed by atoms with Gasteiger partial charge in [-0.15, -0.1) is 10.2 Å². The zero-order chi connectivity index (χ0) is 24.4. The van der Waals surface area contributed by atoms with E-state index in [1.165, 1.54) is 23.3 Å². The van der Waals surface area contributed by atoms with Crippen molar-refractivity contribution < 1.29 is 9.90 Å². The van der Waals surface area contributed by atoms with E-state index in [1.54, 1.807) is 49.4 Å². The number of nitrogens with zero attached hydrogens (tertiary/aromatic N) is 8. The van der Waals surface area contributed by atoms with Crippen LogP contribution in [0.1, 0.15) is 21.6 Å². The molecule has 0 atom stereocenters. The highest BCUT2D eigenvalue weighted by Crippen LogP contribution is 2.38. The van der Waals surface area contributed by atoms with E-state index in [0.29, 0.717) is 22.3 Å². The molecule has 12 nitrogen and oxygen atoms in total. The number of fused-ring (bicyclic) bond motifs is 1. The number of nitriles is 1. The van der Waals surface area contributed by atoms with Crippen LogP contribution in [0.3, 0.4) is 0 Å². The van der Waals surface area contributed by atoms with Crippen LogP contribution in [-0.4, -0.2) is 41.0 Å². The zero-order valence-electron chi connectivity index (χ0n) is 18.2. The van der Waals surface area contributed by atoms with Gasteiger partial charge in [0.1, 0.15) is 23.1 Å². The van der Waals surface area contributed by atoms with E-state index < -0.39 is 5.91 Å². The molecule has 0 aliphatic heterocycles. The normalized spacial score (nSPS) is 11.1. The summed E-state index contributed by atoms with van der Waals surface area (Å²) < 4.78 is 1.26. The van der Waals surface area contributed by atoms with Crippen LogP contribution in [-0.2, 0) is 0 Å². The minimum Gasteiger partial charge on any atom is -0.505 e. The first-order valence-electron chi connectivity index (χ1n) is 10.3. The van der Waals surface area contributed by atoms with E-state index in [2.05, 4.69) is 40.8 Å². The van der Waals surface area contributed by atoms with Gasteiger partial charge in [0.2, 0.25) is 0 Å². The Hall–Kier alpha value is -5.44. The van der Waals surface area contributed by atoms with Gasteiger partial charge < -0.3 is 10.4 Å². The predicted octanol–water partition coefficient (Wildman–Crippen LogP) is 4.09. The lowest BCUT2D eigenvalue weighted by Crippen LogP contribution is -2.13. The predicted molar refractivity (Wildman–Crippen MR) is 125 cm³/mol. The monoisotopic (exact) mass is 464 g/mol. The molecule has 0 radical (unpaired) electrons. The minimum absolute atomic E-state index is 0.0183. The molecular weight excluding hydrogens is 448 g/mol. The lowest BCUT2D eigenvalue weighted by molar-refractivity contribution is 0.102. The molecule has 0 aliphatic rings. The number of benzene rings is 2. The van der Waals surface area contributed by atoms with Crippen molar-refractivity contribution in [2.45, 2.75) is 6.92 Å². The largest absolute Gasteiger partial charge is 0.505 e. The van der Waals surface area contributed by atoms with Crippen LogP contribution in [0.4, 0.5) is 17.3 Å². The van der Waals surface area contributed by atoms with Crippen LogP contribution in [0, 0.1) is 18.3 Å². The number of carbonyl (C=O) groups excluding carboxylic acids is 1. The number of H-pyrrole nitrogens is 1. The molecule has 0 saturated carbocycles. The minimum atomic E-state index is -0.556. The van der Waals surface area contributed by atoms with Crippen molar-refractivity contribution in [3.63, 3.8) is 0 Å². The second-order valence-electron chi connectivity index (χ2n) is 7.37. The third-order valence-corrected chi connectivity index (χ3v) is 5.04. The van der Waals surface area contributed by atoms with Gasteiger partial charge in [0.25, 0.3) is 11.9 Å². The van der Waals surface area contributed by atoms with Crippen molar-refractivity contribution in [2.75, 3.05) is 5.32 Å². The average Bonchev–Trinajstić information content (AvgIpc) is 3.48. The van der Waals surface area contributed by atoms with Crippen molar-refractivity contribution in [2.24, 2.45) is 10.2 Å². The molecule has 5 aromatic rings. The summed E-state index contributed by atoms with van der Waals surface area (Å²) in [5, 5.41) is 43.5. The van der Waals surface area contributed by atoms with E-state index in [0.717, 1.165) is 0 Å². The van der Waals surface area contributed by atoms with Crippen LogP contribution in [0.25, 0.3) is 16.7 Å². The molecule has 170 valence electrons. The SMILES string of the molecule is Cc1cc(NC(=O)c2c(O)c(/N=N/c3c(C#N)cnn3-c3ncccn3)cc3ccccc23)[nH]n1. The topological polar surface area (TPSA) is 170 Å². The van der Waals surface area contributed by atoms with Gasteiger partial charge in [-0.3, -0.25) is 9.89 Å². The van der Waals surface area contributed by atoms with Gasteiger partial charge >= 0.3 is 0 Å². The van der Waals surface area contributed by atoms with Crippen LogP contribution in [0.2, 0.25) is 0 Å². The van der Waals surface area contributed by atoms with Gasteiger partial charge in [-0.25, -0.2) is 9.97 Å². The number of nitrogens with one attached hydrogen (secondary N) is 2. The number of aromatic nitrogens is 6. The van der Waals surface area contributed by atoms with Crippen molar-refractivity contribution in [3.8, 4) is 17.8 Å². The highest BCUT2D eigenvalue weighted by molar-refractivity contribution is 6.16. The van der Waals surface area contributed by atoms with Crippen molar-refractivity contribution in [1.82, 2.24) is 29.9 Å². The molecule has 3 N–H and O–H groups in total. The molecule has 0 aliphatic carbocycles. The Kier molecular flexibility index (Phi) is 5.40. The summed E-state index contributed by atoms with van der Waals surface area (Å²) in [4.78, 5) is 21.4. The number of aromatic hydroxyl groups is 1. The number of anilines is 1. The molecule has 5 rings (SSSR count). The maximum absolute atomic E-state index is 13.1. The lowest BCUT2D eigenvalue weighted by Gasteiger charge is -2.11. The zero-order valence-corrected chi connectivity index (χ0v) is 18.2. The molecular formula is C23H16N10O2. The third-order valence-electron chi connectivity index (χ3n) is 5.04. The molecule has 3 heterocycles. The molecule has 0 bridgehead atoms. The maximum atomic E-state index is 13.1. The van der Waals surface area contributed by atoms with E-state index >= 15 is 0 Å². The molecule has 3 aromatic heterocycles. The highest BCUT2D eigenvalue weighted by Gasteiger charge is 2.21. The summed E-state index contributed by atoms with van der Waals surface area (Å²) in [5.74, 6) is -0.277. The number of aromatic amines is 1. The second-order valence-corrected chi connectivity index (χ2v) is 7.37. The summed E-state index contributed by atoms with van der Waals surface area (Å²) in [5.41, 5.74) is 0.878. The van der Waals surface area contributed by atoms with Gasteiger partial charge in [0.05, 0.1) is 17.5 Å². The number of amides is 1. The molecule has 12 heteroatoms. The van der Waals surface area contributed by atoms with Crippen LogP contribution >= 0.6 is 0 Å². The molecule has 2 aromatic carbocycles. The van der Waals surface area contributed by atoms with Crippen molar-refractivity contribution >= 4 is 34.0 Å². The summed E-state index contributed by atoms with van der Waals surface area (Å²) in [7, 11) is 0. The van der Waals surface area contributed by atoms with Gasteiger partial charge in [-0.05, 0) is 29.8 Å². The number of hydrogen-bond donors (Lipinski definition) is 3. The number of aryl methyl sites for hydroxylation is 1. The number of phenolic OH excluding ortho intramolecular Hbond substituents is 1. The van der Waals surface area contributed by atoms with Gasteiger partial charge in [0.15, 0.2) is 11.6 Å². The number of rotatable bonds is 5. The number of hydrogen-bond acceptors (Lipinski definition) is 9. The quantitative estimate of drug-likeness (QED) is 0.329. The smallest absolute Gasteiger partial charge is 0.261 e. The molecule has 1 amide bonds. The molecule has 0 saturated heterocycles. The van der Waals surface area contributed by atoms with Crippen molar-refractivity contribution in [1.29, 1.82) is 5.26 Å². The molecule has 0 fully saturated rings. The van der Waals surface area contributed by atoms with E-state index in [1.807, 2.05) is 6.07 Å². The van der Waals surface area contributed by atoms with Crippen LogP contribution in [0.5, 0.6) is 5.75 Å². The first-order chi connectivity index (χ1) is 17.0. The molecule has 0 unspecified atom stereocenters. The van der Waals surface area contributed by atoms with Crippen LogP contribution in [0.15, 0.2) is 71.3 Å². The third kappa shape index (κ3) is 4.05. The Morgan fingerprint density at radius 1 is 1.17 bits per heavy atom. The molecule has 35 heavy (non-hydrogen) atoms. The van der Waals surface area contributed by atoms with E-state index in [4.69, 9.17) is 0 Å². The maximum Gasteiger partial charge on any atom is 0.261 e. The number of carbonyl (C=O) groups is 1. The number of phenols is 1. The Morgan fingerprint density at radius 3 is 2.71 bits per heavy atom. The van der Waals surface area contributed by atoms with Gasteiger partial charge in [-0.1, -0.05) is 24.3 Å². The Labute approximate surface area is 197 Å². The summed E-state index contributed by atoms with van der Waals surface area (Å²) in [6, 6.07) is 14.0. The van der Waals surface area contributed by atoms with E-state index in [9.17, 15) is 15.2 Å². The first-order valence-corrected chi connectivity index (χ1v) is 10.3. The van der Waals surface area contributed by atoms with Crippen molar-refractivity contribution in [3.05, 3.63) is 77.9 Å². The summed E-state index contributed by atoms with van der Waals surface area (Å²) in [6.07, 6.45) is 4.37. The Bertz CT molecular complexity index is 1630. The first kappa shape index (κ1) is 21.4. The second kappa shape index (κ2) is 8.83. The number of azo groups is 1. The summed E-state index contributed by atoms with van der Waals surface area (Å²) in [6.45, 7) is 1.78. The average molecular weight is 464 g/mol. The van der Waals surface area contributed by atoms with Crippen LogP contribution < -0.4 is 5.32 Å². The Balaban J connectivity index is 1.60.